The van der Waals surface area contributed by atoms with E-state index in [-0.39, 0.29) is 24.1 Å². The molecule has 0 bridgehead atoms. The summed E-state index contributed by atoms with van der Waals surface area (Å²) in [4.78, 5) is 15.0. The molecule has 1 unspecified atom stereocenters. The van der Waals surface area contributed by atoms with Crippen molar-refractivity contribution in [2.24, 2.45) is 5.41 Å². The summed E-state index contributed by atoms with van der Waals surface area (Å²) in [6.07, 6.45) is 2.51. The number of ether oxygens (including phenoxy) is 2. The number of aliphatic hydroxyl groups excluding tert-OH is 1. The Morgan fingerprint density at radius 1 is 1.09 bits per heavy atom. The molecule has 6 nitrogen and oxygen atoms in total. The largest absolute Gasteiger partial charge is 0.475 e. The molecule has 0 radical (unpaired) electrons. The topological polar surface area (TPSA) is 71.0 Å². The van der Waals surface area contributed by atoms with Gasteiger partial charge in [-0.1, -0.05) is 87.4 Å². The number of methoxy groups -OCH3 is 1. The quantitative estimate of drug-likeness (QED) is 0.403. The van der Waals surface area contributed by atoms with Gasteiger partial charge >= 0.3 is 0 Å². The zero-order valence-electron chi connectivity index (χ0n) is 21.1. The molecule has 2 aromatic rings. The van der Waals surface area contributed by atoms with Crippen LogP contribution >= 0.6 is 0 Å². The van der Waals surface area contributed by atoms with Crippen molar-refractivity contribution in [3.63, 3.8) is 0 Å². The molecule has 34 heavy (non-hydrogen) atoms. The van der Waals surface area contributed by atoms with Gasteiger partial charge in [0.05, 0.1) is 12.6 Å². The molecule has 1 heterocycles. The number of urea groups is 1. The molecule has 6 heteroatoms. The fraction of sp³-hybridized carbons (Fsp3) is 0.500. The fourth-order valence-corrected chi connectivity index (χ4v) is 4.51. The van der Waals surface area contributed by atoms with E-state index in [1.165, 1.54) is 5.56 Å². The van der Waals surface area contributed by atoms with E-state index in [4.69, 9.17) is 9.47 Å². The molecule has 3 rings (SSSR count). The van der Waals surface area contributed by atoms with Crippen LogP contribution < -0.4 is 10.1 Å². The number of carbonyl (C=O) groups is 1. The highest BCUT2D eigenvalue weighted by Gasteiger charge is 2.44. The van der Waals surface area contributed by atoms with Crippen molar-refractivity contribution in [3.8, 4) is 5.75 Å². The molecule has 2 amide bonds. The summed E-state index contributed by atoms with van der Waals surface area (Å²) >= 11 is 0. The standard InChI is InChI=1S/C28H39N2O4/c1-6-9-24(21-12-10-20(4)11-13-21)29-27(32)30-19-28(7-2,8-3)26(30)34-23-16-14-22(15-17-23)25(31)18-33-5/h10-17,19,24-26,31H,6-9,18H2,1-5H3,(H,29,32)/q-1/t24-,25?,26+/m1/s1. The summed E-state index contributed by atoms with van der Waals surface area (Å²) in [5, 5.41) is 13.4. The third-order valence-corrected chi connectivity index (χ3v) is 6.88. The average Bonchev–Trinajstić information content (AvgIpc) is 2.83. The minimum absolute atomic E-state index is 0.0491. The SMILES string of the molecule is CCC[C@@H](NC(=O)N1[CH-]C(CC)(CC)[C@@H]1Oc1ccc(C(O)COC)cc1)c1ccc(C)cc1. The first kappa shape index (κ1) is 26.0. The number of nitrogens with zero attached hydrogens (tertiary/aromatic N) is 1. The first-order chi connectivity index (χ1) is 16.4. The maximum absolute atomic E-state index is 13.3. The molecule has 2 aromatic carbocycles. The van der Waals surface area contributed by atoms with Crippen molar-refractivity contribution in [1.82, 2.24) is 10.2 Å². The molecule has 0 saturated carbocycles. The highest BCUT2D eigenvalue weighted by Crippen LogP contribution is 2.48. The zero-order chi connectivity index (χ0) is 24.7. The van der Waals surface area contributed by atoms with E-state index in [0.717, 1.165) is 36.8 Å². The van der Waals surface area contributed by atoms with Crippen LogP contribution in [0.3, 0.4) is 0 Å². The lowest BCUT2D eigenvalue weighted by molar-refractivity contribution is -0.116. The lowest BCUT2D eigenvalue weighted by Crippen LogP contribution is -2.66. The van der Waals surface area contributed by atoms with Gasteiger partial charge in [-0.05, 0) is 36.6 Å². The van der Waals surface area contributed by atoms with Crippen LogP contribution in [0.25, 0.3) is 0 Å². The number of carbonyl (C=O) groups excluding carboxylic acids is 1. The first-order valence-corrected chi connectivity index (χ1v) is 12.3. The average molecular weight is 468 g/mol. The van der Waals surface area contributed by atoms with E-state index in [1.54, 1.807) is 12.0 Å². The minimum atomic E-state index is -0.680. The Bertz CT molecular complexity index is 909. The maximum atomic E-state index is 13.3. The van der Waals surface area contributed by atoms with Crippen molar-refractivity contribution < 1.29 is 19.4 Å². The highest BCUT2D eigenvalue weighted by molar-refractivity contribution is 5.77. The summed E-state index contributed by atoms with van der Waals surface area (Å²) < 4.78 is 11.4. The van der Waals surface area contributed by atoms with Crippen molar-refractivity contribution >= 4 is 6.03 Å². The van der Waals surface area contributed by atoms with Crippen LogP contribution in [0.1, 0.15) is 75.3 Å². The van der Waals surface area contributed by atoms with E-state index in [9.17, 15) is 9.90 Å². The maximum Gasteiger partial charge on any atom is 0.290 e. The second-order valence-electron chi connectivity index (χ2n) is 9.19. The van der Waals surface area contributed by atoms with Crippen molar-refractivity contribution in [1.29, 1.82) is 0 Å². The summed E-state index contributed by atoms with van der Waals surface area (Å²) in [6.45, 7) is 10.7. The number of likely N-dealkylation sites (tertiary alicyclic amines) is 1. The summed E-state index contributed by atoms with van der Waals surface area (Å²) in [6, 6.07) is 15.5. The molecule has 1 aliphatic rings. The summed E-state index contributed by atoms with van der Waals surface area (Å²) in [7, 11) is 1.56. The van der Waals surface area contributed by atoms with Gasteiger partial charge in [0.25, 0.3) is 6.03 Å². The van der Waals surface area contributed by atoms with E-state index >= 15 is 0 Å². The third-order valence-electron chi connectivity index (χ3n) is 6.88. The Morgan fingerprint density at radius 2 is 1.71 bits per heavy atom. The molecule has 0 aliphatic carbocycles. The highest BCUT2D eigenvalue weighted by atomic mass is 16.5. The summed E-state index contributed by atoms with van der Waals surface area (Å²) in [5.74, 6) is 0.666. The van der Waals surface area contributed by atoms with Crippen LogP contribution in [0.5, 0.6) is 5.75 Å². The molecule has 1 aliphatic heterocycles. The second-order valence-corrected chi connectivity index (χ2v) is 9.19. The first-order valence-electron chi connectivity index (χ1n) is 12.3. The number of aryl methyl sites for hydroxylation is 1. The Balaban J connectivity index is 1.74. The predicted octanol–water partition coefficient (Wildman–Crippen LogP) is 5.91. The van der Waals surface area contributed by atoms with E-state index in [1.807, 2.05) is 30.8 Å². The Kier molecular flexibility index (Phi) is 8.97. The van der Waals surface area contributed by atoms with Gasteiger partial charge in [-0.15, -0.1) is 0 Å². The van der Waals surface area contributed by atoms with Crippen LogP contribution in [-0.4, -0.2) is 36.0 Å². The smallest absolute Gasteiger partial charge is 0.290 e. The number of hydrogen-bond donors (Lipinski definition) is 2. The molecule has 1 fully saturated rings. The van der Waals surface area contributed by atoms with Crippen LogP contribution in [0.2, 0.25) is 0 Å². The number of aliphatic hydroxyl groups is 1. The zero-order valence-corrected chi connectivity index (χ0v) is 21.1. The van der Waals surface area contributed by atoms with Gasteiger partial charge in [-0.3, -0.25) is 4.79 Å². The molecule has 3 atom stereocenters. The van der Waals surface area contributed by atoms with Crippen LogP contribution in [-0.2, 0) is 4.74 Å². The van der Waals surface area contributed by atoms with Crippen molar-refractivity contribution in [2.75, 3.05) is 13.7 Å². The molecule has 2 N–H and O–H groups in total. The van der Waals surface area contributed by atoms with Gasteiger partial charge in [0.1, 0.15) is 18.1 Å². The Hall–Kier alpha value is -2.57. The van der Waals surface area contributed by atoms with Crippen molar-refractivity contribution in [3.05, 3.63) is 71.8 Å². The molecular formula is C28H39N2O4-. The normalized spacial score (nSPS) is 18.6. The number of hydrogen-bond acceptors (Lipinski definition) is 4. The van der Waals surface area contributed by atoms with Crippen LogP contribution in [0, 0.1) is 18.9 Å². The molecule has 0 spiro atoms. The molecular weight excluding hydrogens is 428 g/mol. The van der Waals surface area contributed by atoms with Gasteiger partial charge in [-0.2, -0.15) is 0 Å². The number of amides is 2. The number of nitrogens with one attached hydrogen (secondary N) is 1. The van der Waals surface area contributed by atoms with Gasteiger partial charge in [0.2, 0.25) is 0 Å². The van der Waals surface area contributed by atoms with E-state index < -0.39 is 12.3 Å². The number of rotatable bonds is 11. The molecule has 186 valence electrons. The Labute approximate surface area is 204 Å². The lowest BCUT2D eigenvalue weighted by Gasteiger charge is -2.66. The van der Waals surface area contributed by atoms with Gasteiger partial charge < -0.3 is 24.8 Å². The monoisotopic (exact) mass is 467 g/mol. The molecule has 0 aromatic heterocycles. The third kappa shape index (κ3) is 5.73. The second kappa shape index (κ2) is 11.7. The van der Waals surface area contributed by atoms with Crippen LogP contribution in [0.4, 0.5) is 4.79 Å². The van der Waals surface area contributed by atoms with Crippen molar-refractivity contribution in [2.45, 2.75) is 71.8 Å². The lowest BCUT2D eigenvalue weighted by atomic mass is 9.73. The number of benzene rings is 2. The van der Waals surface area contributed by atoms with Gasteiger partial charge in [0.15, 0.2) is 0 Å². The minimum Gasteiger partial charge on any atom is -0.475 e. The Morgan fingerprint density at radius 3 is 2.26 bits per heavy atom. The van der Waals surface area contributed by atoms with E-state index in [0.29, 0.717) is 5.75 Å². The summed E-state index contributed by atoms with van der Waals surface area (Å²) in [5.41, 5.74) is 2.88. The fourth-order valence-electron chi connectivity index (χ4n) is 4.51. The predicted molar refractivity (Wildman–Crippen MR) is 134 cm³/mol. The van der Waals surface area contributed by atoms with Crippen LogP contribution in [0.15, 0.2) is 48.5 Å². The van der Waals surface area contributed by atoms with E-state index in [2.05, 4.69) is 57.3 Å². The van der Waals surface area contributed by atoms with Gasteiger partial charge in [0, 0.05) is 7.11 Å². The molecule has 1 saturated heterocycles. The van der Waals surface area contributed by atoms with Gasteiger partial charge in [-0.25, -0.2) is 6.54 Å².